The normalized spacial score (nSPS) is 23.5. The van der Waals surface area contributed by atoms with Crippen LogP contribution in [0, 0.1) is 16.7 Å². The zero-order valence-corrected chi connectivity index (χ0v) is 12.6. The van der Waals surface area contributed by atoms with Crippen LogP contribution in [0.4, 0.5) is 5.69 Å². The van der Waals surface area contributed by atoms with Crippen molar-refractivity contribution in [2.75, 3.05) is 11.4 Å². The standard InChI is InChI=1S/C15H19N5O2/c1-19-9-11(8-17-19)20-7-4-12(13(20)21)18-14(22)15(10-16)5-2-3-6-15/h8-9,12H,2-7H2,1H3,(H,18,22)/t12-/m0/s1. The Bertz CT molecular complexity index is 639. The van der Waals surface area contributed by atoms with E-state index in [9.17, 15) is 14.9 Å². The summed E-state index contributed by atoms with van der Waals surface area (Å²) in [6.07, 6.45) is 6.92. The molecule has 1 aliphatic carbocycles. The van der Waals surface area contributed by atoms with Gasteiger partial charge >= 0.3 is 0 Å². The molecule has 0 aromatic carbocycles. The molecule has 7 nitrogen and oxygen atoms in total. The maximum Gasteiger partial charge on any atom is 0.249 e. The third kappa shape index (κ3) is 2.34. The summed E-state index contributed by atoms with van der Waals surface area (Å²) in [5.74, 6) is -0.425. The molecule has 22 heavy (non-hydrogen) atoms. The van der Waals surface area contributed by atoms with Crippen molar-refractivity contribution in [2.45, 2.75) is 38.1 Å². The van der Waals surface area contributed by atoms with Gasteiger partial charge in [0, 0.05) is 19.8 Å². The molecule has 116 valence electrons. The van der Waals surface area contributed by atoms with E-state index < -0.39 is 11.5 Å². The molecule has 2 aliphatic rings. The van der Waals surface area contributed by atoms with Crippen LogP contribution in [0.25, 0.3) is 0 Å². The van der Waals surface area contributed by atoms with Gasteiger partial charge < -0.3 is 10.2 Å². The molecule has 1 saturated carbocycles. The van der Waals surface area contributed by atoms with Gasteiger partial charge in [-0.05, 0) is 19.3 Å². The van der Waals surface area contributed by atoms with Crippen LogP contribution < -0.4 is 10.2 Å². The SMILES string of the molecule is Cn1cc(N2CC[C@H](NC(=O)C3(C#N)CCCC3)C2=O)cn1. The van der Waals surface area contributed by atoms with Crippen molar-refractivity contribution in [2.24, 2.45) is 12.5 Å². The lowest BCUT2D eigenvalue weighted by atomic mass is 9.86. The summed E-state index contributed by atoms with van der Waals surface area (Å²) < 4.78 is 1.64. The zero-order valence-electron chi connectivity index (χ0n) is 12.6. The molecule has 2 amide bonds. The highest BCUT2D eigenvalue weighted by atomic mass is 16.2. The second kappa shape index (κ2) is 5.44. The summed E-state index contributed by atoms with van der Waals surface area (Å²) in [5.41, 5.74) is -0.206. The smallest absolute Gasteiger partial charge is 0.249 e. The maximum absolute atomic E-state index is 12.4. The van der Waals surface area contributed by atoms with E-state index in [1.807, 2.05) is 0 Å². The van der Waals surface area contributed by atoms with Gasteiger partial charge in [-0.2, -0.15) is 10.4 Å². The average molecular weight is 301 g/mol. The van der Waals surface area contributed by atoms with Crippen LogP contribution in [0.3, 0.4) is 0 Å². The van der Waals surface area contributed by atoms with Crippen LogP contribution in [0.1, 0.15) is 32.1 Å². The summed E-state index contributed by atoms with van der Waals surface area (Å²) in [6, 6.07) is 1.62. The van der Waals surface area contributed by atoms with E-state index in [4.69, 9.17) is 0 Å². The Balaban J connectivity index is 1.68. The first-order valence-corrected chi connectivity index (χ1v) is 7.58. The molecule has 0 radical (unpaired) electrons. The molecule has 1 aromatic heterocycles. The molecule has 3 rings (SSSR count). The Morgan fingerprint density at radius 1 is 1.50 bits per heavy atom. The molecule has 0 bridgehead atoms. The number of hydrogen-bond donors (Lipinski definition) is 1. The highest BCUT2D eigenvalue weighted by Gasteiger charge is 2.44. The Hall–Kier alpha value is -2.36. The quantitative estimate of drug-likeness (QED) is 0.890. The van der Waals surface area contributed by atoms with Crippen molar-refractivity contribution in [1.82, 2.24) is 15.1 Å². The van der Waals surface area contributed by atoms with Crippen molar-refractivity contribution in [3.63, 3.8) is 0 Å². The fourth-order valence-electron chi connectivity index (χ4n) is 3.28. The zero-order chi connectivity index (χ0) is 15.7. The van der Waals surface area contributed by atoms with Gasteiger partial charge in [0.25, 0.3) is 0 Å². The second-order valence-corrected chi connectivity index (χ2v) is 6.08. The summed E-state index contributed by atoms with van der Waals surface area (Å²) in [4.78, 5) is 26.5. The molecule has 2 heterocycles. The van der Waals surface area contributed by atoms with E-state index in [1.165, 1.54) is 0 Å². The molecule has 2 fully saturated rings. The monoisotopic (exact) mass is 301 g/mol. The van der Waals surface area contributed by atoms with Gasteiger partial charge in [-0.25, -0.2) is 0 Å². The minimum atomic E-state index is -0.942. The molecule has 7 heteroatoms. The van der Waals surface area contributed by atoms with Crippen molar-refractivity contribution in [1.29, 1.82) is 5.26 Å². The van der Waals surface area contributed by atoms with Gasteiger partial charge in [-0.15, -0.1) is 0 Å². The van der Waals surface area contributed by atoms with Gasteiger partial charge in [0.15, 0.2) is 0 Å². The molecule has 1 aromatic rings. The second-order valence-electron chi connectivity index (χ2n) is 6.08. The van der Waals surface area contributed by atoms with E-state index in [0.29, 0.717) is 25.8 Å². The minimum absolute atomic E-state index is 0.132. The number of aromatic nitrogens is 2. The van der Waals surface area contributed by atoms with E-state index in [-0.39, 0.29) is 11.8 Å². The summed E-state index contributed by atoms with van der Waals surface area (Å²) in [7, 11) is 1.79. The van der Waals surface area contributed by atoms with Gasteiger partial charge in [0.05, 0.1) is 18.0 Å². The summed E-state index contributed by atoms with van der Waals surface area (Å²) in [5, 5.41) is 16.2. The van der Waals surface area contributed by atoms with Crippen LogP contribution in [-0.2, 0) is 16.6 Å². The average Bonchev–Trinajstić information content (AvgIpc) is 3.21. The maximum atomic E-state index is 12.4. The number of rotatable bonds is 3. The van der Waals surface area contributed by atoms with E-state index >= 15 is 0 Å². The van der Waals surface area contributed by atoms with E-state index in [0.717, 1.165) is 18.5 Å². The highest BCUT2D eigenvalue weighted by Crippen LogP contribution is 2.38. The predicted molar refractivity (Wildman–Crippen MR) is 78.6 cm³/mol. The van der Waals surface area contributed by atoms with Crippen LogP contribution >= 0.6 is 0 Å². The number of anilines is 1. The third-order valence-corrected chi connectivity index (χ3v) is 4.62. The van der Waals surface area contributed by atoms with Crippen LogP contribution in [0.2, 0.25) is 0 Å². The number of hydrogen-bond acceptors (Lipinski definition) is 4. The Kier molecular flexibility index (Phi) is 3.61. The lowest BCUT2D eigenvalue weighted by Gasteiger charge is -2.22. The first kappa shape index (κ1) is 14.6. The van der Waals surface area contributed by atoms with Crippen molar-refractivity contribution >= 4 is 17.5 Å². The summed E-state index contributed by atoms with van der Waals surface area (Å²) in [6.45, 7) is 0.551. The number of amides is 2. The number of nitrogens with one attached hydrogen (secondary N) is 1. The number of carbonyl (C=O) groups is 2. The van der Waals surface area contributed by atoms with Crippen LogP contribution in [0.15, 0.2) is 12.4 Å². The fourth-order valence-corrected chi connectivity index (χ4v) is 3.28. The fraction of sp³-hybridized carbons (Fsp3) is 0.600. The molecule has 0 unspecified atom stereocenters. The lowest BCUT2D eigenvalue weighted by molar-refractivity contribution is -0.131. The number of nitriles is 1. The van der Waals surface area contributed by atoms with E-state index in [2.05, 4.69) is 16.5 Å². The molecule has 0 spiro atoms. The minimum Gasteiger partial charge on any atom is -0.343 e. The van der Waals surface area contributed by atoms with Crippen molar-refractivity contribution in [3.8, 4) is 6.07 Å². The Morgan fingerprint density at radius 2 is 2.23 bits per heavy atom. The largest absolute Gasteiger partial charge is 0.343 e. The lowest BCUT2D eigenvalue weighted by Crippen LogP contribution is -2.47. The third-order valence-electron chi connectivity index (χ3n) is 4.62. The summed E-state index contributed by atoms with van der Waals surface area (Å²) >= 11 is 0. The van der Waals surface area contributed by atoms with Gasteiger partial charge in [0.2, 0.25) is 11.8 Å². The molecule has 1 N–H and O–H groups in total. The first-order valence-electron chi connectivity index (χ1n) is 7.58. The predicted octanol–water partition coefficient (Wildman–Crippen LogP) is 0.726. The Labute approximate surface area is 128 Å². The molecule has 1 atom stereocenters. The van der Waals surface area contributed by atoms with Gasteiger partial charge in [-0.3, -0.25) is 14.3 Å². The van der Waals surface area contributed by atoms with Gasteiger partial charge in [-0.1, -0.05) is 12.8 Å². The molecular formula is C15H19N5O2. The van der Waals surface area contributed by atoms with Crippen LogP contribution in [0.5, 0.6) is 0 Å². The van der Waals surface area contributed by atoms with Crippen LogP contribution in [-0.4, -0.2) is 34.2 Å². The number of aryl methyl sites for hydroxylation is 1. The molecule has 1 aliphatic heterocycles. The topological polar surface area (TPSA) is 91.0 Å². The Morgan fingerprint density at radius 3 is 2.82 bits per heavy atom. The highest BCUT2D eigenvalue weighted by molar-refractivity contribution is 6.02. The molecule has 1 saturated heterocycles. The van der Waals surface area contributed by atoms with Gasteiger partial charge in [0.1, 0.15) is 11.5 Å². The molecular weight excluding hydrogens is 282 g/mol. The first-order chi connectivity index (χ1) is 10.6. The number of nitrogens with zero attached hydrogens (tertiary/aromatic N) is 4. The van der Waals surface area contributed by atoms with Crippen molar-refractivity contribution < 1.29 is 9.59 Å². The van der Waals surface area contributed by atoms with Crippen molar-refractivity contribution in [3.05, 3.63) is 12.4 Å². The number of carbonyl (C=O) groups excluding carboxylic acids is 2. The van der Waals surface area contributed by atoms with E-state index in [1.54, 1.807) is 29.0 Å².